The number of fused-ring (bicyclic) bond motifs is 2. The summed E-state index contributed by atoms with van der Waals surface area (Å²) in [7, 11) is 0. The lowest BCUT2D eigenvalue weighted by molar-refractivity contribution is -0.286. The summed E-state index contributed by atoms with van der Waals surface area (Å²) in [5.74, 6) is -0.942. The van der Waals surface area contributed by atoms with E-state index < -0.39 is 30.2 Å². The highest BCUT2D eigenvalue weighted by molar-refractivity contribution is 5.95. The van der Waals surface area contributed by atoms with E-state index in [0.29, 0.717) is 23.9 Å². The lowest BCUT2D eigenvalue weighted by atomic mass is 9.86. The van der Waals surface area contributed by atoms with Gasteiger partial charge in [0.1, 0.15) is 11.6 Å². The molecule has 1 saturated carbocycles. The maximum atomic E-state index is 15.3. The summed E-state index contributed by atoms with van der Waals surface area (Å²) in [6.45, 7) is 5.86. The van der Waals surface area contributed by atoms with E-state index in [-0.39, 0.29) is 41.2 Å². The number of aliphatic hydroxyl groups excluding tert-OH is 2. The summed E-state index contributed by atoms with van der Waals surface area (Å²) >= 11 is 0. The van der Waals surface area contributed by atoms with E-state index in [0.717, 1.165) is 17.5 Å². The summed E-state index contributed by atoms with van der Waals surface area (Å²) in [5.41, 5.74) is 1.14. The average molecular weight is 518 g/mol. The molecular formula is C28H30F3NO5. The summed E-state index contributed by atoms with van der Waals surface area (Å²) in [6.07, 6.45) is -3.01. The number of Topliss-reactive ketones (excluding diaryl/α,β-unsaturated/α-hetero) is 1. The smallest absolute Gasteiger partial charge is 0.395 e. The van der Waals surface area contributed by atoms with Gasteiger partial charge in [-0.3, -0.25) is 4.79 Å². The number of hydrogen-bond donors (Lipinski definition) is 2. The number of ether oxygens (including phenoxy) is 2. The number of alkyl halides is 2. The van der Waals surface area contributed by atoms with Gasteiger partial charge in [0.05, 0.1) is 30.2 Å². The molecule has 2 aromatic carbocycles. The fraction of sp³-hybridized carbons (Fsp3) is 0.464. The summed E-state index contributed by atoms with van der Waals surface area (Å²) in [4.78, 5) is 13.4. The van der Waals surface area contributed by atoms with Gasteiger partial charge in [-0.15, -0.1) is 8.78 Å². The van der Waals surface area contributed by atoms with Crippen LogP contribution in [0.5, 0.6) is 11.5 Å². The number of carbonyl (C=O) groups excluding carboxylic acids is 1. The predicted octanol–water partition coefficient (Wildman–Crippen LogP) is 4.99. The number of halogens is 3. The number of nitrogens with zero attached hydrogens (tertiary/aromatic N) is 1. The highest BCUT2D eigenvalue weighted by Crippen LogP contribution is 2.52. The topological polar surface area (TPSA) is 80.9 Å². The van der Waals surface area contributed by atoms with Crippen molar-refractivity contribution in [2.45, 2.75) is 76.2 Å². The molecule has 2 heterocycles. The van der Waals surface area contributed by atoms with Gasteiger partial charge in [-0.1, -0.05) is 26.8 Å². The fourth-order valence-electron chi connectivity index (χ4n) is 5.12. The number of rotatable bonds is 9. The van der Waals surface area contributed by atoms with E-state index in [1.54, 1.807) is 12.1 Å². The van der Waals surface area contributed by atoms with Crippen LogP contribution in [-0.2, 0) is 28.6 Å². The molecule has 37 heavy (non-hydrogen) atoms. The SMILES string of the molecule is CCC(C)(C)c1cc2cc(CC(=O)C3(c4ccc5c(c4)OC(F)(F)O5)CC3)c(F)cc2n1C[C@H](O)CO. The third-order valence-corrected chi connectivity index (χ3v) is 7.84. The van der Waals surface area contributed by atoms with Crippen molar-refractivity contribution in [3.63, 3.8) is 0 Å². The van der Waals surface area contributed by atoms with Crippen LogP contribution in [0, 0.1) is 5.82 Å². The molecule has 3 aromatic rings. The van der Waals surface area contributed by atoms with Gasteiger partial charge in [-0.05, 0) is 60.7 Å². The molecule has 1 atom stereocenters. The van der Waals surface area contributed by atoms with Gasteiger partial charge in [-0.2, -0.15) is 0 Å². The van der Waals surface area contributed by atoms with Gasteiger partial charge in [0, 0.05) is 22.9 Å². The molecule has 0 unspecified atom stereocenters. The molecule has 5 rings (SSSR count). The first-order chi connectivity index (χ1) is 17.4. The number of benzene rings is 2. The van der Waals surface area contributed by atoms with Crippen LogP contribution in [-0.4, -0.2) is 39.6 Å². The van der Waals surface area contributed by atoms with Crippen LogP contribution in [0.25, 0.3) is 10.9 Å². The zero-order valence-corrected chi connectivity index (χ0v) is 21.0. The Bertz CT molecular complexity index is 1380. The summed E-state index contributed by atoms with van der Waals surface area (Å²) in [5, 5.41) is 20.2. The van der Waals surface area contributed by atoms with Crippen LogP contribution in [0.2, 0.25) is 0 Å². The number of ketones is 1. The van der Waals surface area contributed by atoms with Gasteiger partial charge in [0.25, 0.3) is 0 Å². The molecule has 1 aliphatic heterocycles. The van der Waals surface area contributed by atoms with E-state index in [9.17, 15) is 23.8 Å². The molecule has 9 heteroatoms. The molecule has 1 fully saturated rings. The Hall–Kier alpha value is -3.04. The molecule has 0 radical (unpaired) electrons. The second kappa shape index (κ2) is 8.77. The minimum atomic E-state index is -3.74. The van der Waals surface area contributed by atoms with E-state index in [2.05, 4.69) is 23.3 Å². The minimum absolute atomic E-state index is 0.0878. The molecule has 6 nitrogen and oxygen atoms in total. The first-order valence-electron chi connectivity index (χ1n) is 12.4. The molecule has 2 N–H and O–H groups in total. The molecule has 0 amide bonds. The fourth-order valence-corrected chi connectivity index (χ4v) is 5.12. The lowest BCUT2D eigenvalue weighted by Gasteiger charge is -2.26. The maximum absolute atomic E-state index is 15.3. The van der Waals surface area contributed by atoms with E-state index in [1.165, 1.54) is 18.2 Å². The number of aromatic nitrogens is 1. The van der Waals surface area contributed by atoms with Gasteiger partial charge >= 0.3 is 6.29 Å². The van der Waals surface area contributed by atoms with Crippen LogP contribution in [0.3, 0.4) is 0 Å². The monoisotopic (exact) mass is 517 g/mol. The van der Waals surface area contributed by atoms with Crippen molar-refractivity contribution in [3.05, 3.63) is 59.0 Å². The van der Waals surface area contributed by atoms with Crippen LogP contribution in [0.1, 0.15) is 56.9 Å². The van der Waals surface area contributed by atoms with Crippen LogP contribution in [0.15, 0.2) is 36.4 Å². The van der Waals surface area contributed by atoms with Crippen molar-refractivity contribution >= 4 is 16.7 Å². The third-order valence-electron chi connectivity index (χ3n) is 7.84. The Morgan fingerprint density at radius 1 is 1.14 bits per heavy atom. The maximum Gasteiger partial charge on any atom is 0.586 e. The van der Waals surface area contributed by atoms with Gasteiger partial charge in [0.2, 0.25) is 0 Å². The van der Waals surface area contributed by atoms with E-state index >= 15 is 4.39 Å². The Morgan fingerprint density at radius 2 is 1.84 bits per heavy atom. The Kier molecular flexibility index (Phi) is 6.07. The van der Waals surface area contributed by atoms with E-state index in [4.69, 9.17) is 0 Å². The highest BCUT2D eigenvalue weighted by atomic mass is 19.3. The molecule has 0 bridgehead atoms. The van der Waals surface area contributed by atoms with Crippen molar-refractivity contribution in [2.75, 3.05) is 6.61 Å². The summed E-state index contributed by atoms with van der Waals surface area (Å²) in [6, 6.07) is 9.34. The van der Waals surface area contributed by atoms with Gasteiger partial charge in [0.15, 0.2) is 11.5 Å². The van der Waals surface area contributed by atoms with Crippen LogP contribution >= 0.6 is 0 Å². The average Bonchev–Trinajstić information content (AvgIpc) is 3.50. The van der Waals surface area contributed by atoms with Crippen molar-refractivity contribution in [2.24, 2.45) is 0 Å². The standard InChI is InChI=1S/C28H30F3NO5/c1-4-26(2,3)24-10-17-9-16(20(29)13-21(17)32(24)14-19(34)15-33)11-25(35)27(7-8-27)18-5-6-22-23(12-18)37-28(30,31)36-22/h5-6,9-10,12-13,19,33-34H,4,7-8,11,14-15H2,1-3H3/t19-/m0/s1. The third kappa shape index (κ3) is 4.48. The van der Waals surface area contributed by atoms with Crippen LogP contribution < -0.4 is 9.47 Å². The van der Waals surface area contributed by atoms with Gasteiger partial charge < -0.3 is 24.3 Å². The molecular weight excluding hydrogens is 487 g/mol. The Morgan fingerprint density at radius 3 is 2.49 bits per heavy atom. The van der Waals surface area contributed by atoms with Crippen molar-refractivity contribution in [3.8, 4) is 11.5 Å². The molecule has 0 saturated heterocycles. The minimum Gasteiger partial charge on any atom is -0.395 e. The summed E-state index contributed by atoms with van der Waals surface area (Å²) < 4.78 is 53.0. The first-order valence-corrected chi connectivity index (χ1v) is 12.4. The lowest BCUT2D eigenvalue weighted by Crippen LogP contribution is -2.26. The Labute approximate surface area is 212 Å². The van der Waals surface area contributed by atoms with E-state index in [1.807, 2.05) is 17.6 Å². The predicted molar refractivity (Wildman–Crippen MR) is 131 cm³/mol. The number of aliphatic hydroxyl groups is 2. The second-order valence-electron chi connectivity index (χ2n) is 10.7. The number of hydrogen-bond acceptors (Lipinski definition) is 5. The largest absolute Gasteiger partial charge is 0.586 e. The quantitative estimate of drug-likeness (QED) is 0.418. The molecule has 0 spiro atoms. The van der Waals surface area contributed by atoms with Crippen LogP contribution in [0.4, 0.5) is 13.2 Å². The van der Waals surface area contributed by atoms with Gasteiger partial charge in [-0.25, -0.2) is 4.39 Å². The van der Waals surface area contributed by atoms with Crippen molar-refractivity contribution in [1.82, 2.24) is 4.57 Å². The van der Waals surface area contributed by atoms with Crippen molar-refractivity contribution in [1.29, 1.82) is 0 Å². The molecule has 2 aliphatic rings. The highest BCUT2D eigenvalue weighted by Gasteiger charge is 2.52. The second-order valence-corrected chi connectivity index (χ2v) is 10.7. The normalized spacial score (nSPS) is 18.3. The van der Waals surface area contributed by atoms with Crippen molar-refractivity contribution < 1.29 is 37.7 Å². The molecule has 1 aromatic heterocycles. The molecule has 1 aliphatic carbocycles. The zero-order chi connectivity index (χ0) is 26.8. The Balaban J connectivity index is 1.46. The molecule has 198 valence electrons. The zero-order valence-electron chi connectivity index (χ0n) is 21.0. The first kappa shape index (κ1) is 25.6. The number of carbonyl (C=O) groups is 1.